The van der Waals surface area contributed by atoms with E-state index in [1.807, 2.05) is 11.8 Å². The smallest absolute Gasteiger partial charge is 0.223 e. The van der Waals surface area contributed by atoms with E-state index in [0.29, 0.717) is 26.1 Å². The molecule has 1 heterocycles. The summed E-state index contributed by atoms with van der Waals surface area (Å²) in [6.45, 7) is 6.80. The molecule has 0 saturated carbocycles. The molecule has 20 heavy (non-hydrogen) atoms. The lowest BCUT2D eigenvalue weighted by molar-refractivity contribution is -0.136. The number of rotatable bonds is 7. The summed E-state index contributed by atoms with van der Waals surface area (Å²) >= 11 is 0. The molecule has 0 aromatic rings. The maximum atomic E-state index is 12.0. The summed E-state index contributed by atoms with van der Waals surface area (Å²) in [5, 5.41) is 2.98. The average Bonchev–Trinajstić information content (AvgIpc) is 2.47. The molecule has 3 N–H and O–H groups in total. The highest BCUT2D eigenvalue weighted by atomic mass is 16.2. The van der Waals surface area contributed by atoms with Crippen molar-refractivity contribution in [3.8, 4) is 0 Å². The number of likely N-dealkylation sites (tertiary alicyclic amines) is 1. The van der Waals surface area contributed by atoms with E-state index in [2.05, 4.69) is 12.2 Å². The van der Waals surface area contributed by atoms with Crippen molar-refractivity contribution in [1.82, 2.24) is 10.2 Å². The fourth-order valence-electron chi connectivity index (χ4n) is 2.43. The SMILES string of the molecule is CCCCNC(=O)C1CCN(C(=O)CC(C)CN)CC1. The van der Waals surface area contributed by atoms with Crippen LogP contribution in [-0.4, -0.2) is 42.9 Å². The standard InChI is InChI=1S/C15H29N3O2/c1-3-4-7-17-15(20)13-5-8-18(9-6-13)14(19)10-12(2)11-16/h12-13H,3-11,16H2,1-2H3,(H,17,20). The second kappa shape index (κ2) is 8.95. The molecule has 0 aliphatic carbocycles. The molecule has 1 rings (SSSR count). The van der Waals surface area contributed by atoms with Crippen molar-refractivity contribution in [3.63, 3.8) is 0 Å². The summed E-state index contributed by atoms with van der Waals surface area (Å²) in [6.07, 6.45) is 4.19. The molecule has 1 aliphatic rings. The van der Waals surface area contributed by atoms with Crippen molar-refractivity contribution in [2.24, 2.45) is 17.6 Å². The Labute approximate surface area is 122 Å². The highest BCUT2D eigenvalue weighted by molar-refractivity contribution is 5.80. The molecule has 0 aromatic carbocycles. The largest absolute Gasteiger partial charge is 0.356 e. The quantitative estimate of drug-likeness (QED) is 0.688. The van der Waals surface area contributed by atoms with Crippen molar-refractivity contribution in [2.45, 2.75) is 46.0 Å². The number of hydrogen-bond acceptors (Lipinski definition) is 3. The van der Waals surface area contributed by atoms with Gasteiger partial charge in [-0.3, -0.25) is 9.59 Å². The van der Waals surface area contributed by atoms with Crippen LogP contribution in [0.4, 0.5) is 0 Å². The lowest BCUT2D eigenvalue weighted by atomic mass is 9.95. The maximum Gasteiger partial charge on any atom is 0.223 e. The Bertz CT molecular complexity index is 312. The zero-order valence-electron chi connectivity index (χ0n) is 12.9. The summed E-state index contributed by atoms with van der Waals surface area (Å²) in [5.74, 6) is 0.633. The van der Waals surface area contributed by atoms with E-state index < -0.39 is 0 Å². The van der Waals surface area contributed by atoms with E-state index in [9.17, 15) is 9.59 Å². The predicted molar refractivity (Wildman–Crippen MR) is 80.1 cm³/mol. The van der Waals surface area contributed by atoms with E-state index >= 15 is 0 Å². The van der Waals surface area contributed by atoms with Crippen LogP contribution in [0, 0.1) is 11.8 Å². The van der Waals surface area contributed by atoms with Crippen LogP contribution in [0.3, 0.4) is 0 Å². The van der Waals surface area contributed by atoms with Crippen LogP contribution in [0.1, 0.15) is 46.0 Å². The lowest BCUT2D eigenvalue weighted by Gasteiger charge is -2.32. The second-order valence-electron chi connectivity index (χ2n) is 5.84. The number of nitrogens with one attached hydrogen (secondary N) is 1. The number of carbonyl (C=O) groups is 2. The molecular weight excluding hydrogens is 254 g/mol. The first-order chi connectivity index (χ1) is 9.58. The first-order valence-electron chi connectivity index (χ1n) is 7.84. The van der Waals surface area contributed by atoms with Crippen LogP contribution < -0.4 is 11.1 Å². The van der Waals surface area contributed by atoms with Gasteiger partial charge in [-0.15, -0.1) is 0 Å². The molecule has 2 amide bonds. The van der Waals surface area contributed by atoms with Crippen LogP contribution >= 0.6 is 0 Å². The molecule has 1 fully saturated rings. The Kier molecular flexibility index (Phi) is 7.59. The van der Waals surface area contributed by atoms with Crippen molar-refractivity contribution in [1.29, 1.82) is 0 Å². The van der Waals surface area contributed by atoms with E-state index in [4.69, 9.17) is 5.73 Å². The van der Waals surface area contributed by atoms with Crippen molar-refractivity contribution >= 4 is 11.8 Å². The number of amides is 2. The van der Waals surface area contributed by atoms with Crippen molar-refractivity contribution in [3.05, 3.63) is 0 Å². The summed E-state index contributed by atoms with van der Waals surface area (Å²) in [4.78, 5) is 25.8. The molecule has 1 saturated heterocycles. The van der Waals surface area contributed by atoms with Crippen LogP contribution in [0.5, 0.6) is 0 Å². The first-order valence-corrected chi connectivity index (χ1v) is 7.84. The van der Waals surface area contributed by atoms with Gasteiger partial charge >= 0.3 is 0 Å². The molecule has 1 atom stereocenters. The third-order valence-electron chi connectivity index (χ3n) is 3.97. The molecule has 1 aliphatic heterocycles. The van der Waals surface area contributed by atoms with Gasteiger partial charge in [-0.1, -0.05) is 20.3 Å². The number of unbranched alkanes of at least 4 members (excludes halogenated alkanes) is 1. The van der Waals surface area contributed by atoms with Gasteiger partial charge in [-0.2, -0.15) is 0 Å². The summed E-state index contributed by atoms with van der Waals surface area (Å²) < 4.78 is 0. The topological polar surface area (TPSA) is 75.4 Å². The average molecular weight is 283 g/mol. The summed E-state index contributed by atoms with van der Waals surface area (Å²) in [6, 6.07) is 0. The van der Waals surface area contributed by atoms with Gasteiger partial charge in [0.15, 0.2) is 0 Å². The third kappa shape index (κ3) is 5.49. The lowest BCUT2D eigenvalue weighted by Crippen LogP contribution is -2.43. The number of piperidine rings is 1. The number of nitrogens with zero attached hydrogens (tertiary/aromatic N) is 1. The molecule has 0 bridgehead atoms. The fourth-order valence-corrected chi connectivity index (χ4v) is 2.43. The van der Waals surface area contributed by atoms with Crippen LogP contribution in [-0.2, 0) is 9.59 Å². The van der Waals surface area contributed by atoms with E-state index in [1.54, 1.807) is 0 Å². The predicted octanol–water partition coefficient (Wildman–Crippen LogP) is 1.13. The van der Waals surface area contributed by atoms with E-state index in [0.717, 1.165) is 32.2 Å². The number of carbonyl (C=O) groups excluding carboxylic acids is 2. The molecule has 0 spiro atoms. The molecule has 5 nitrogen and oxygen atoms in total. The zero-order valence-corrected chi connectivity index (χ0v) is 12.9. The monoisotopic (exact) mass is 283 g/mol. The van der Waals surface area contributed by atoms with Gasteiger partial charge in [0.2, 0.25) is 11.8 Å². The van der Waals surface area contributed by atoms with Gasteiger partial charge in [0.1, 0.15) is 0 Å². The van der Waals surface area contributed by atoms with E-state index in [1.165, 1.54) is 0 Å². The molecule has 0 aromatic heterocycles. The van der Waals surface area contributed by atoms with E-state index in [-0.39, 0.29) is 23.7 Å². The Morgan fingerprint density at radius 1 is 1.35 bits per heavy atom. The summed E-state index contributed by atoms with van der Waals surface area (Å²) in [5.41, 5.74) is 5.55. The molecular formula is C15H29N3O2. The third-order valence-corrected chi connectivity index (χ3v) is 3.97. The van der Waals surface area contributed by atoms with Gasteiger partial charge in [0.25, 0.3) is 0 Å². The Balaban J connectivity index is 2.28. The minimum absolute atomic E-state index is 0.0721. The Morgan fingerprint density at radius 2 is 2.00 bits per heavy atom. The zero-order chi connectivity index (χ0) is 15.0. The molecule has 0 radical (unpaired) electrons. The molecule has 116 valence electrons. The van der Waals surface area contributed by atoms with Crippen LogP contribution in [0.2, 0.25) is 0 Å². The summed E-state index contributed by atoms with van der Waals surface area (Å²) in [7, 11) is 0. The van der Waals surface area contributed by atoms with Gasteiger partial charge in [-0.25, -0.2) is 0 Å². The fraction of sp³-hybridized carbons (Fsp3) is 0.867. The second-order valence-corrected chi connectivity index (χ2v) is 5.84. The van der Waals surface area contributed by atoms with Crippen LogP contribution in [0.25, 0.3) is 0 Å². The van der Waals surface area contributed by atoms with Gasteiger partial charge in [0.05, 0.1) is 0 Å². The maximum absolute atomic E-state index is 12.0. The molecule has 1 unspecified atom stereocenters. The molecule has 5 heteroatoms. The van der Waals surface area contributed by atoms with Gasteiger partial charge < -0.3 is 16.0 Å². The Hall–Kier alpha value is -1.10. The number of nitrogens with two attached hydrogens (primary N) is 1. The van der Waals surface area contributed by atoms with Gasteiger partial charge in [0, 0.05) is 32.0 Å². The van der Waals surface area contributed by atoms with Gasteiger partial charge in [-0.05, 0) is 31.7 Å². The van der Waals surface area contributed by atoms with Crippen molar-refractivity contribution in [2.75, 3.05) is 26.2 Å². The Morgan fingerprint density at radius 3 is 2.55 bits per heavy atom. The van der Waals surface area contributed by atoms with Crippen molar-refractivity contribution < 1.29 is 9.59 Å². The minimum Gasteiger partial charge on any atom is -0.356 e. The first kappa shape index (κ1) is 17.0. The minimum atomic E-state index is 0.0721. The number of hydrogen-bond donors (Lipinski definition) is 2. The normalized spacial score (nSPS) is 17.9. The van der Waals surface area contributed by atoms with Crippen LogP contribution in [0.15, 0.2) is 0 Å². The highest BCUT2D eigenvalue weighted by Gasteiger charge is 2.27. The highest BCUT2D eigenvalue weighted by Crippen LogP contribution is 2.18.